The van der Waals surface area contributed by atoms with Gasteiger partial charge in [-0.25, -0.2) is 0 Å². The maximum absolute atomic E-state index is 11.4. The van der Waals surface area contributed by atoms with E-state index in [-0.39, 0.29) is 4.87 Å². The molecule has 1 fully saturated rings. The predicted octanol–water partition coefficient (Wildman–Crippen LogP) is 3.28. The molecule has 0 saturated carbocycles. The molecule has 1 aromatic heterocycles. The van der Waals surface area contributed by atoms with Crippen LogP contribution in [0, 0.1) is 0 Å². The second-order valence-corrected chi connectivity index (χ2v) is 7.71. The Bertz CT molecular complexity index is 940. The number of nitrogens with one attached hydrogen (secondary N) is 1. The first-order valence-electron chi connectivity index (χ1n) is 8.38. The molecule has 128 valence electrons. The number of hydrogen-bond acceptors (Lipinski definition) is 4. The van der Waals surface area contributed by atoms with Gasteiger partial charge in [0.25, 0.3) is 0 Å². The van der Waals surface area contributed by atoms with Crippen molar-refractivity contribution in [2.45, 2.75) is 6.42 Å². The van der Waals surface area contributed by atoms with Crippen LogP contribution in [-0.2, 0) is 6.42 Å². The Balaban J connectivity index is 1.39. The molecule has 0 atom stereocenters. The van der Waals surface area contributed by atoms with Crippen LogP contribution < -0.4 is 9.77 Å². The number of rotatable bonds is 3. The molecular weight excluding hydrogens is 350 g/mol. The van der Waals surface area contributed by atoms with Gasteiger partial charge in [0.05, 0.1) is 15.2 Å². The van der Waals surface area contributed by atoms with Crippen molar-refractivity contribution in [3.63, 3.8) is 0 Å². The fourth-order valence-corrected chi connectivity index (χ4v) is 4.39. The van der Waals surface area contributed by atoms with Crippen molar-refractivity contribution in [1.82, 2.24) is 9.88 Å². The molecule has 0 spiro atoms. The average molecular weight is 370 g/mol. The summed E-state index contributed by atoms with van der Waals surface area (Å²) in [7, 11) is 0. The second-order valence-electron chi connectivity index (χ2n) is 6.23. The first kappa shape index (κ1) is 16.3. The first-order valence-corrected chi connectivity index (χ1v) is 9.61. The number of anilines is 1. The lowest BCUT2D eigenvalue weighted by Crippen LogP contribution is -2.48. The van der Waals surface area contributed by atoms with Crippen molar-refractivity contribution >= 4 is 44.4 Å². The number of nitrogens with zero attached hydrogens (tertiary/aromatic N) is 2. The highest BCUT2D eigenvalue weighted by atomic mass is 32.1. The normalized spacial score (nSPS) is 14.9. The highest BCUT2D eigenvalue weighted by Gasteiger charge is 2.19. The molecular formula is C19H19N3OS2. The monoisotopic (exact) mass is 369 g/mol. The summed E-state index contributed by atoms with van der Waals surface area (Å²) in [6, 6.07) is 16.6. The maximum atomic E-state index is 11.4. The van der Waals surface area contributed by atoms with E-state index in [0.717, 1.165) is 47.8 Å². The SMILES string of the molecule is O=c1[nH]c2ccc(CC(=S)N3CCN(c4ccccc4)CC3)cc2s1. The highest BCUT2D eigenvalue weighted by Crippen LogP contribution is 2.19. The summed E-state index contributed by atoms with van der Waals surface area (Å²) in [6.45, 7) is 3.88. The van der Waals surface area contributed by atoms with Crippen LogP contribution in [0.25, 0.3) is 10.2 Å². The minimum absolute atomic E-state index is 0.00763. The quantitative estimate of drug-likeness (QED) is 0.719. The number of aromatic nitrogens is 1. The van der Waals surface area contributed by atoms with Crippen LogP contribution >= 0.6 is 23.6 Å². The van der Waals surface area contributed by atoms with Gasteiger partial charge in [-0.15, -0.1) is 0 Å². The van der Waals surface area contributed by atoms with Crippen molar-refractivity contribution in [3.8, 4) is 0 Å². The fraction of sp³-hybridized carbons (Fsp3) is 0.263. The minimum Gasteiger partial charge on any atom is -0.368 e. The zero-order chi connectivity index (χ0) is 17.2. The summed E-state index contributed by atoms with van der Waals surface area (Å²) in [4.78, 5) is 20.0. The minimum atomic E-state index is -0.00763. The Labute approximate surface area is 155 Å². The Hall–Kier alpha value is -2.18. The largest absolute Gasteiger partial charge is 0.368 e. The number of hydrogen-bond donors (Lipinski definition) is 1. The number of thiocarbonyl (C=S) groups is 1. The number of benzene rings is 2. The van der Waals surface area contributed by atoms with Crippen LogP contribution in [0.4, 0.5) is 5.69 Å². The lowest BCUT2D eigenvalue weighted by molar-refractivity contribution is 0.387. The second kappa shape index (κ2) is 6.98. The molecule has 0 radical (unpaired) electrons. The molecule has 0 amide bonds. The van der Waals surface area contributed by atoms with E-state index < -0.39 is 0 Å². The van der Waals surface area contributed by atoms with Crippen LogP contribution in [0.15, 0.2) is 53.3 Å². The van der Waals surface area contributed by atoms with Gasteiger partial charge in [0.1, 0.15) is 0 Å². The van der Waals surface area contributed by atoms with E-state index in [0.29, 0.717) is 0 Å². The van der Waals surface area contributed by atoms with Crippen molar-refractivity contribution in [2.75, 3.05) is 31.1 Å². The van der Waals surface area contributed by atoms with Crippen LogP contribution in [0.5, 0.6) is 0 Å². The summed E-state index contributed by atoms with van der Waals surface area (Å²) in [5.74, 6) is 0. The molecule has 0 aliphatic carbocycles. The third kappa shape index (κ3) is 3.60. The summed E-state index contributed by atoms with van der Waals surface area (Å²) in [5.41, 5.74) is 3.35. The topological polar surface area (TPSA) is 39.3 Å². The van der Waals surface area contributed by atoms with Gasteiger partial charge in [0.15, 0.2) is 0 Å². The Morgan fingerprint density at radius 3 is 2.60 bits per heavy atom. The number of para-hydroxylation sites is 1. The van der Waals surface area contributed by atoms with E-state index in [1.807, 2.05) is 12.1 Å². The number of piperazine rings is 1. The maximum Gasteiger partial charge on any atom is 0.305 e. The van der Waals surface area contributed by atoms with E-state index in [1.54, 1.807) is 0 Å². The van der Waals surface area contributed by atoms with E-state index in [2.05, 4.69) is 51.2 Å². The van der Waals surface area contributed by atoms with Gasteiger partial charge in [-0.05, 0) is 29.8 Å². The van der Waals surface area contributed by atoms with Gasteiger partial charge in [-0.2, -0.15) is 0 Å². The molecule has 4 nitrogen and oxygen atoms in total. The van der Waals surface area contributed by atoms with Crippen molar-refractivity contribution in [2.24, 2.45) is 0 Å². The molecule has 2 aromatic carbocycles. The lowest BCUT2D eigenvalue weighted by Gasteiger charge is -2.37. The van der Waals surface area contributed by atoms with Gasteiger partial charge in [-0.1, -0.05) is 47.8 Å². The average Bonchev–Trinajstić information content (AvgIpc) is 3.02. The van der Waals surface area contributed by atoms with Crippen molar-refractivity contribution < 1.29 is 0 Å². The molecule has 0 bridgehead atoms. The van der Waals surface area contributed by atoms with Crippen LogP contribution in [0.1, 0.15) is 5.56 Å². The van der Waals surface area contributed by atoms with E-state index in [9.17, 15) is 4.79 Å². The molecule has 1 saturated heterocycles. The molecule has 0 unspecified atom stereocenters. The van der Waals surface area contributed by atoms with Gasteiger partial charge in [0, 0.05) is 38.3 Å². The van der Waals surface area contributed by atoms with Crippen molar-refractivity contribution in [3.05, 3.63) is 63.8 Å². The number of H-pyrrole nitrogens is 1. The third-order valence-corrected chi connectivity index (χ3v) is 5.84. The van der Waals surface area contributed by atoms with E-state index >= 15 is 0 Å². The van der Waals surface area contributed by atoms with Gasteiger partial charge < -0.3 is 14.8 Å². The number of fused-ring (bicyclic) bond motifs is 1. The molecule has 2 heterocycles. The molecule has 3 aromatic rings. The fourth-order valence-electron chi connectivity index (χ4n) is 3.24. The van der Waals surface area contributed by atoms with Crippen LogP contribution in [0.2, 0.25) is 0 Å². The summed E-state index contributed by atoms with van der Waals surface area (Å²) >= 11 is 6.93. The molecule has 1 aliphatic heterocycles. The smallest absolute Gasteiger partial charge is 0.305 e. The molecule has 1 N–H and O–H groups in total. The molecule has 1 aliphatic rings. The van der Waals surface area contributed by atoms with Gasteiger partial charge in [-0.3, -0.25) is 4.79 Å². The Morgan fingerprint density at radius 2 is 1.84 bits per heavy atom. The molecule has 6 heteroatoms. The Kier molecular flexibility index (Phi) is 4.55. The predicted molar refractivity (Wildman–Crippen MR) is 109 cm³/mol. The van der Waals surface area contributed by atoms with Crippen LogP contribution in [-0.4, -0.2) is 41.1 Å². The third-order valence-electron chi connectivity index (χ3n) is 4.59. The summed E-state index contributed by atoms with van der Waals surface area (Å²) in [5, 5.41) is 0. The molecule has 4 rings (SSSR count). The summed E-state index contributed by atoms with van der Waals surface area (Å²) in [6.07, 6.45) is 0.753. The molecule has 25 heavy (non-hydrogen) atoms. The first-order chi connectivity index (χ1) is 12.2. The Morgan fingerprint density at radius 1 is 1.08 bits per heavy atom. The van der Waals surface area contributed by atoms with Crippen molar-refractivity contribution in [1.29, 1.82) is 0 Å². The summed E-state index contributed by atoms with van der Waals surface area (Å²) < 4.78 is 0.999. The zero-order valence-corrected chi connectivity index (χ0v) is 15.4. The van der Waals surface area contributed by atoms with Gasteiger partial charge >= 0.3 is 4.87 Å². The standard InChI is InChI=1S/C19H19N3OS2/c23-19-20-16-7-6-14(12-17(16)25-19)13-18(24)22-10-8-21(9-11-22)15-4-2-1-3-5-15/h1-7,12H,8-11,13H2,(H,20,23). The number of thiazole rings is 1. The number of aromatic amines is 1. The zero-order valence-electron chi connectivity index (χ0n) is 13.8. The van der Waals surface area contributed by atoms with Crippen LogP contribution in [0.3, 0.4) is 0 Å². The van der Waals surface area contributed by atoms with E-state index in [4.69, 9.17) is 12.2 Å². The highest BCUT2D eigenvalue weighted by molar-refractivity contribution is 7.80. The lowest BCUT2D eigenvalue weighted by atomic mass is 10.1. The van der Waals surface area contributed by atoms with E-state index in [1.165, 1.54) is 22.6 Å². The van der Waals surface area contributed by atoms with Gasteiger partial charge in [0.2, 0.25) is 0 Å².